The molecule has 0 radical (unpaired) electrons. The zero-order chi connectivity index (χ0) is 19.5. The van der Waals surface area contributed by atoms with E-state index in [0.717, 1.165) is 15.7 Å². The van der Waals surface area contributed by atoms with Crippen LogP contribution in [0.4, 0.5) is 5.95 Å². The monoisotopic (exact) mass is 430 g/mol. The maximum absolute atomic E-state index is 13.3. The van der Waals surface area contributed by atoms with Gasteiger partial charge in [0.15, 0.2) is 11.2 Å². The first-order valence-corrected chi connectivity index (χ1v) is 9.34. The van der Waals surface area contributed by atoms with Crippen molar-refractivity contribution in [2.24, 2.45) is 12.1 Å². The zero-order valence-electron chi connectivity index (χ0n) is 15.5. The molecule has 27 heavy (non-hydrogen) atoms. The third kappa shape index (κ3) is 2.64. The van der Waals surface area contributed by atoms with Gasteiger partial charge in [-0.2, -0.15) is 10.1 Å². The normalized spacial score (nSPS) is 16.6. The van der Waals surface area contributed by atoms with Crippen LogP contribution in [0.1, 0.15) is 25.5 Å². The first kappa shape index (κ1) is 17.7. The van der Waals surface area contributed by atoms with E-state index in [1.807, 2.05) is 42.7 Å². The number of hydrogen-bond acceptors (Lipinski definition) is 5. The summed E-state index contributed by atoms with van der Waals surface area (Å²) in [7, 11) is 3.42. The fourth-order valence-electron chi connectivity index (χ4n) is 3.39. The van der Waals surface area contributed by atoms with Crippen LogP contribution in [0.15, 0.2) is 43.4 Å². The van der Waals surface area contributed by atoms with Crippen molar-refractivity contribution >= 4 is 38.8 Å². The van der Waals surface area contributed by atoms with Gasteiger partial charge < -0.3 is 0 Å². The summed E-state index contributed by atoms with van der Waals surface area (Å²) in [6.45, 7) is 4.09. The molecule has 0 bridgehead atoms. The number of hydrogen-bond donors (Lipinski definition) is 0. The second-order valence-corrected chi connectivity index (χ2v) is 7.67. The molecule has 0 fully saturated rings. The van der Waals surface area contributed by atoms with Crippen LogP contribution in [0.2, 0.25) is 0 Å². The van der Waals surface area contributed by atoms with Gasteiger partial charge in [0.1, 0.15) is 0 Å². The van der Waals surface area contributed by atoms with Gasteiger partial charge in [-0.05, 0) is 31.5 Å². The van der Waals surface area contributed by atoms with Gasteiger partial charge >= 0.3 is 5.69 Å². The quantitative estimate of drug-likeness (QED) is 0.623. The van der Waals surface area contributed by atoms with E-state index < -0.39 is 0 Å². The maximum atomic E-state index is 13.3. The standard InChI is InChI=1S/C18H19BrN6O2/c1-10-11(2)25-14-15(20-17(25)23(4)21-10)22(3)18(27)24(16(14)26)9-12-5-7-13(19)8-6-12/h5-8,11H,9H2,1-4H3/t11-/m0/s1. The number of imidazole rings is 1. The Labute approximate surface area is 163 Å². The maximum Gasteiger partial charge on any atom is 0.332 e. The smallest absolute Gasteiger partial charge is 0.294 e. The minimum absolute atomic E-state index is 0.118. The second kappa shape index (κ2) is 6.19. The largest absolute Gasteiger partial charge is 0.332 e. The van der Waals surface area contributed by atoms with Gasteiger partial charge in [-0.3, -0.25) is 18.5 Å². The Bertz CT molecular complexity index is 1200. The average molecular weight is 431 g/mol. The first-order chi connectivity index (χ1) is 12.8. The molecule has 0 saturated heterocycles. The van der Waals surface area contributed by atoms with E-state index in [4.69, 9.17) is 0 Å². The number of hydrazone groups is 1. The van der Waals surface area contributed by atoms with Crippen molar-refractivity contribution in [2.75, 3.05) is 12.1 Å². The molecule has 3 aromatic rings. The van der Waals surface area contributed by atoms with Gasteiger partial charge in [0.25, 0.3) is 5.56 Å². The molecule has 0 amide bonds. The molecule has 0 spiro atoms. The van der Waals surface area contributed by atoms with Crippen molar-refractivity contribution in [3.8, 4) is 0 Å². The predicted molar refractivity (Wildman–Crippen MR) is 109 cm³/mol. The summed E-state index contributed by atoms with van der Waals surface area (Å²) in [6, 6.07) is 7.44. The molecule has 8 nitrogen and oxygen atoms in total. The average Bonchev–Trinajstić information content (AvgIpc) is 3.05. The first-order valence-electron chi connectivity index (χ1n) is 8.54. The number of aryl methyl sites for hydroxylation is 1. The highest BCUT2D eigenvalue weighted by molar-refractivity contribution is 9.10. The molecule has 2 aromatic heterocycles. The summed E-state index contributed by atoms with van der Waals surface area (Å²) in [6.07, 6.45) is 0. The number of aromatic nitrogens is 4. The van der Waals surface area contributed by atoms with Crippen molar-refractivity contribution in [1.82, 2.24) is 18.7 Å². The molecule has 1 aliphatic heterocycles. The van der Waals surface area contributed by atoms with E-state index >= 15 is 0 Å². The summed E-state index contributed by atoms with van der Waals surface area (Å²) < 4.78 is 5.49. The molecular weight excluding hydrogens is 412 g/mol. The number of rotatable bonds is 2. The van der Waals surface area contributed by atoms with E-state index in [1.54, 1.807) is 19.1 Å². The lowest BCUT2D eigenvalue weighted by Gasteiger charge is -2.26. The molecule has 3 heterocycles. The lowest BCUT2D eigenvalue weighted by molar-refractivity contribution is 0.638. The van der Waals surface area contributed by atoms with E-state index in [2.05, 4.69) is 26.0 Å². The minimum Gasteiger partial charge on any atom is -0.294 e. The number of benzene rings is 1. The van der Waals surface area contributed by atoms with Crippen molar-refractivity contribution in [2.45, 2.75) is 26.4 Å². The highest BCUT2D eigenvalue weighted by atomic mass is 79.9. The highest BCUT2D eigenvalue weighted by Gasteiger charge is 2.29. The Morgan fingerprint density at radius 3 is 2.48 bits per heavy atom. The van der Waals surface area contributed by atoms with E-state index in [9.17, 15) is 9.59 Å². The molecule has 1 aromatic carbocycles. The Morgan fingerprint density at radius 2 is 1.81 bits per heavy atom. The molecule has 0 saturated carbocycles. The highest BCUT2D eigenvalue weighted by Crippen LogP contribution is 2.28. The van der Waals surface area contributed by atoms with E-state index in [1.165, 1.54) is 9.13 Å². The van der Waals surface area contributed by atoms with E-state index in [-0.39, 0.29) is 23.8 Å². The fourth-order valence-corrected chi connectivity index (χ4v) is 3.65. The summed E-state index contributed by atoms with van der Waals surface area (Å²) in [5.74, 6) is 0.552. The van der Waals surface area contributed by atoms with Crippen LogP contribution in [0.5, 0.6) is 0 Å². The van der Waals surface area contributed by atoms with Crippen LogP contribution in [0, 0.1) is 0 Å². The lowest BCUT2D eigenvalue weighted by Crippen LogP contribution is -2.40. The summed E-state index contributed by atoms with van der Waals surface area (Å²) in [5, 5.41) is 6.08. The Hall–Kier alpha value is -2.68. The topological polar surface area (TPSA) is 77.4 Å². The molecule has 0 aliphatic carbocycles. The minimum atomic E-state index is -0.390. The molecule has 1 atom stereocenters. The molecular formula is C18H19BrN6O2. The van der Waals surface area contributed by atoms with Crippen LogP contribution in [-0.4, -0.2) is 31.4 Å². The zero-order valence-corrected chi connectivity index (χ0v) is 17.1. The Balaban J connectivity index is 1.99. The summed E-state index contributed by atoms with van der Waals surface area (Å²) in [4.78, 5) is 30.7. The third-order valence-electron chi connectivity index (χ3n) is 5.00. The molecule has 0 unspecified atom stereocenters. The van der Waals surface area contributed by atoms with Crippen molar-refractivity contribution in [3.63, 3.8) is 0 Å². The van der Waals surface area contributed by atoms with Crippen LogP contribution in [0.3, 0.4) is 0 Å². The number of halogens is 1. The van der Waals surface area contributed by atoms with Gasteiger partial charge in [0, 0.05) is 18.6 Å². The lowest BCUT2D eigenvalue weighted by atomic mass is 10.2. The van der Waals surface area contributed by atoms with Gasteiger partial charge in [0.2, 0.25) is 5.95 Å². The number of fused-ring (bicyclic) bond motifs is 3. The van der Waals surface area contributed by atoms with Gasteiger partial charge in [0.05, 0.1) is 18.3 Å². The van der Waals surface area contributed by atoms with Crippen LogP contribution >= 0.6 is 15.9 Å². The Kier molecular flexibility index (Phi) is 4.06. The third-order valence-corrected chi connectivity index (χ3v) is 5.53. The molecule has 0 N–H and O–H groups in total. The van der Waals surface area contributed by atoms with Crippen molar-refractivity contribution in [3.05, 3.63) is 55.1 Å². The fraction of sp³-hybridized carbons (Fsp3) is 0.333. The van der Waals surface area contributed by atoms with Crippen LogP contribution in [0.25, 0.3) is 11.2 Å². The molecule has 9 heteroatoms. The number of anilines is 1. The van der Waals surface area contributed by atoms with Crippen molar-refractivity contribution in [1.29, 1.82) is 0 Å². The second-order valence-electron chi connectivity index (χ2n) is 6.75. The Morgan fingerprint density at radius 1 is 1.15 bits per heavy atom. The molecule has 4 rings (SSSR count). The van der Waals surface area contributed by atoms with Gasteiger partial charge in [-0.25, -0.2) is 9.80 Å². The van der Waals surface area contributed by atoms with E-state index in [0.29, 0.717) is 17.1 Å². The van der Waals surface area contributed by atoms with Gasteiger partial charge in [-0.1, -0.05) is 28.1 Å². The predicted octanol–water partition coefficient (Wildman–Crippen LogP) is 2.09. The summed E-state index contributed by atoms with van der Waals surface area (Å²) in [5.41, 5.74) is 1.80. The molecule has 1 aliphatic rings. The van der Waals surface area contributed by atoms with Crippen LogP contribution < -0.4 is 16.3 Å². The summed E-state index contributed by atoms with van der Waals surface area (Å²) >= 11 is 3.40. The molecule has 140 valence electrons. The number of nitrogens with zero attached hydrogens (tertiary/aromatic N) is 6. The van der Waals surface area contributed by atoms with Gasteiger partial charge in [-0.15, -0.1) is 0 Å². The van der Waals surface area contributed by atoms with Crippen LogP contribution in [-0.2, 0) is 13.6 Å². The SMILES string of the molecule is CC1=NN(C)c2nc3c(c(=O)n(Cc4ccc(Br)cc4)c(=O)n3C)n2[C@H]1C. The van der Waals surface area contributed by atoms with Crippen molar-refractivity contribution < 1.29 is 0 Å².